The molecule has 0 heterocycles. The van der Waals surface area contributed by atoms with Gasteiger partial charge in [-0.3, -0.25) is 19.7 Å². The molecule has 3 N–H and O–H groups in total. The van der Waals surface area contributed by atoms with Crippen molar-refractivity contribution in [1.82, 2.24) is 0 Å². The zero-order valence-electron chi connectivity index (χ0n) is 9.38. The van der Waals surface area contributed by atoms with E-state index in [4.69, 9.17) is 5.73 Å². The Kier molecular flexibility index (Phi) is 4.14. The smallest absolute Gasteiger partial charge is 0.271 e. The molecule has 7 nitrogen and oxygen atoms in total. The summed E-state index contributed by atoms with van der Waals surface area (Å²) < 4.78 is 0. The van der Waals surface area contributed by atoms with Crippen LogP contribution in [0.2, 0.25) is 0 Å². The van der Waals surface area contributed by atoms with Gasteiger partial charge < -0.3 is 11.1 Å². The maximum atomic E-state index is 11.5. The number of hydrogen-bond acceptors (Lipinski definition) is 4. The Morgan fingerprint density at radius 2 is 2.11 bits per heavy atom. The van der Waals surface area contributed by atoms with Gasteiger partial charge in [-0.05, 0) is 6.07 Å². The van der Waals surface area contributed by atoms with E-state index in [2.05, 4.69) is 11.9 Å². The van der Waals surface area contributed by atoms with Crippen LogP contribution in [-0.2, 0) is 9.59 Å². The average Bonchev–Trinajstić information content (AvgIpc) is 2.28. The van der Waals surface area contributed by atoms with Gasteiger partial charge in [0, 0.05) is 23.4 Å². The van der Waals surface area contributed by atoms with Crippen molar-refractivity contribution in [3.8, 4) is 0 Å². The number of carbonyl (C=O) groups excluding carboxylic acids is 2. The number of rotatable bonds is 5. The predicted molar refractivity (Wildman–Crippen MR) is 64.7 cm³/mol. The molecule has 1 aromatic rings. The maximum Gasteiger partial charge on any atom is 0.271 e. The van der Waals surface area contributed by atoms with Crippen molar-refractivity contribution < 1.29 is 14.5 Å². The number of amides is 2. The molecule has 7 heteroatoms. The summed E-state index contributed by atoms with van der Waals surface area (Å²) in [6, 6.07) is 5.43. The van der Waals surface area contributed by atoms with Crippen molar-refractivity contribution in [2.45, 2.75) is 6.42 Å². The molecule has 0 aliphatic carbocycles. The second-order valence-electron chi connectivity index (χ2n) is 3.51. The van der Waals surface area contributed by atoms with Crippen LogP contribution in [0.15, 0.2) is 36.4 Å². The summed E-state index contributed by atoms with van der Waals surface area (Å²) in [6.07, 6.45) is -0.263. The Morgan fingerprint density at radius 3 is 2.67 bits per heavy atom. The number of hydrogen-bond donors (Lipinski definition) is 2. The quantitative estimate of drug-likeness (QED) is 0.459. The van der Waals surface area contributed by atoms with E-state index in [0.29, 0.717) is 0 Å². The van der Waals surface area contributed by atoms with Crippen LogP contribution < -0.4 is 11.1 Å². The number of anilines is 1. The zero-order chi connectivity index (χ0) is 13.7. The summed E-state index contributed by atoms with van der Waals surface area (Å²) >= 11 is 0. The number of primary amides is 1. The van der Waals surface area contributed by atoms with E-state index in [1.54, 1.807) is 0 Å². The lowest BCUT2D eigenvalue weighted by Crippen LogP contribution is -2.19. The van der Waals surface area contributed by atoms with E-state index in [1.165, 1.54) is 24.3 Å². The highest BCUT2D eigenvalue weighted by molar-refractivity contribution is 6.06. The van der Waals surface area contributed by atoms with Crippen molar-refractivity contribution in [3.05, 3.63) is 46.5 Å². The highest BCUT2D eigenvalue weighted by atomic mass is 16.6. The van der Waals surface area contributed by atoms with Gasteiger partial charge in [-0.15, -0.1) is 0 Å². The minimum atomic E-state index is -0.672. The van der Waals surface area contributed by atoms with Crippen LogP contribution in [0.25, 0.3) is 0 Å². The van der Waals surface area contributed by atoms with Gasteiger partial charge in [0.2, 0.25) is 5.91 Å². The number of non-ortho nitro benzene ring substituents is 1. The second kappa shape index (κ2) is 5.58. The summed E-state index contributed by atoms with van der Waals surface area (Å²) in [7, 11) is 0. The van der Waals surface area contributed by atoms with E-state index in [9.17, 15) is 19.7 Å². The van der Waals surface area contributed by atoms with E-state index >= 15 is 0 Å². The van der Waals surface area contributed by atoms with Gasteiger partial charge in [-0.1, -0.05) is 12.6 Å². The van der Waals surface area contributed by atoms with Gasteiger partial charge >= 0.3 is 0 Å². The molecule has 0 aliphatic rings. The lowest BCUT2D eigenvalue weighted by atomic mass is 10.2. The third-order valence-corrected chi connectivity index (χ3v) is 2.02. The second-order valence-corrected chi connectivity index (χ2v) is 3.51. The standard InChI is InChI=1S/C11H11N3O4/c1-7(5-10(12)15)11(16)13-8-3-2-4-9(6-8)14(17)18/h2-4,6H,1,5H2,(H2,12,15)(H,13,16). The van der Waals surface area contributed by atoms with Gasteiger partial charge in [0.15, 0.2) is 0 Å². The highest BCUT2D eigenvalue weighted by Crippen LogP contribution is 2.17. The molecule has 0 saturated heterocycles. The fourth-order valence-corrected chi connectivity index (χ4v) is 1.21. The maximum absolute atomic E-state index is 11.5. The molecule has 0 unspecified atom stereocenters. The van der Waals surface area contributed by atoms with Gasteiger partial charge in [-0.25, -0.2) is 0 Å². The summed E-state index contributed by atoms with van der Waals surface area (Å²) in [6.45, 7) is 3.40. The molecule has 18 heavy (non-hydrogen) atoms. The van der Waals surface area contributed by atoms with Crippen molar-refractivity contribution in [1.29, 1.82) is 0 Å². The molecular weight excluding hydrogens is 238 g/mol. The molecule has 0 fully saturated rings. The molecule has 2 amide bonds. The summed E-state index contributed by atoms with van der Waals surface area (Å²) in [5.74, 6) is -1.27. The highest BCUT2D eigenvalue weighted by Gasteiger charge is 2.12. The Hall–Kier alpha value is -2.70. The number of benzene rings is 1. The first-order chi connectivity index (χ1) is 8.40. The minimum Gasteiger partial charge on any atom is -0.369 e. The van der Waals surface area contributed by atoms with E-state index in [1.807, 2.05) is 0 Å². The topological polar surface area (TPSA) is 115 Å². The first-order valence-corrected chi connectivity index (χ1v) is 4.92. The molecule has 0 radical (unpaired) electrons. The van der Waals surface area contributed by atoms with Crippen molar-refractivity contribution in [3.63, 3.8) is 0 Å². The molecule has 0 aliphatic heterocycles. The van der Waals surface area contributed by atoms with Crippen LogP contribution in [0.3, 0.4) is 0 Å². The van der Waals surface area contributed by atoms with Crippen LogP contribution in [0.1, 0.15) is 6.42 Å². The van der Waals surface area contributed by atoms with E-state index < -0.39 is 16.7 Å². The molecule has 0 bridgehead atoms. The van der Waals surface area contributed by atoms with E-state index in [0.717, 1.165) is 0 Å². The van der Waals surface area contributed by atoms with Crippen LogP contribution in [0.5, 0.6) is 0 Å². The van der Waals surface area contributed by atoms with Crippen molar-refractivity contribution in [2.75, 3.05) is 5.32 Å². The number of carbonyl (C=O) groups is 2. The SMILES string of the molecule is C=C(CC(N)=O)C(=O)Nc1cccc([N+](=O)[O-])c1. The van der Waals surface area contributed by atoms with E-state index in [-0.39, 0.29) is 23.4 Å². The van der Waals surface area contributed by atoms with Crippen LogP contribution in [0, 0.1) is 10.1 Å². The van der Waals surface area contributed by atoms with Gasteiger partial charge in [0.25, 0.3) is 11.6 Å². The number of nitrogens with zero attached hydrogens (tertiary/aromatic N) is 1. The molecule has 1 aromatic carbocycles. The molecule has 0 saturated carbocycles. The van der Waals surface area contributed by atoms with Crippen molar-refractivity contribution >= 4 is 23.2 Å². The van der Waals surface area contributed by atoms with Crippen molar-refractivity contribution in [2.24, 2.45) is 5.73 Å². The van der Waals surface area contributed by atoms with Gasteiger partial charge in [0.1, 0.15) is 0 Å². The number of nitrogens with two attached hydrogens (primary N) is 1. The molecule has 94 valence electrons. The fourth-order valence-electron chi connectivity index (χ4n) is 1.21. The van der Waals surface area contributed by atoms with Crippen LogP contribution >= 0.6 is 0 Å². The fraction of sp³-hybridized carbons (Fsp3) is 0.0909. The lowest BCUT2D eigenvalue weighted by Gasteiger charge is -2.05. The van der Waals surface area contributed by atoms with Gasteiger partial charge in [0.05, 0.1) is 11.3 Å². The number of nitro groups is 1. The lowest BCUT2D eigenvalue weighted by molar-refractivity contribution is -0.384. The predicted octanol–water partition coefficient (Wildman–Crippen LogP) is 0.965. The first-order valence-electron chi connectivity index (χ1n) is 4.92. The van der Waals surface area contributed by atoms with Gasteiger partial charge in [-0.2, -0.15) is 0 Å². The molecule has 0 spiro atoms. The average molecular weight is 249 g/mol. The molecule has 1 rings (SSSR count). The minimum absolute atomic E-state index is 0.00555. The zero-order valence-corrected chi connectivity index (χ0v) is 9.38. The Bertz CT molecular complexity index is 525. The normalized spacial score (nSPS) is 9.56. The summed E-state index contributed by atoms with van der Waals surface area (Å²) in [4.78, 5) is 32.1. The first kappa shape index (κ1) is 13.4. The summed E-state index contributed by atoms with van der Waals surface area (Å²) in [5.41, 5.74) is 5.02. The monoisotopic (exact) mass is 249 g/mol. The van der Waals surface area contributed by atoms with Crippen LogP contribution in [-0.4, -0.2) is 16.7 Å². The Morgan fingerprint density at radius 1 is 1.44 bits per heavy atom. The number of nitrogens with one attached hydrogen (secondary N) is 1. The van der Waals surface area contributed by atoms with Crippen LogP contribution in [0.4, 0.5) is 11.4 Å². The third-order valence-electron chi connectivity index (χ3n) is 2.02. The molecule has 0 aromatic heterocycles. The Labute approximate surface area is 102 Å². The molecular formula is C11H11N3O4. The largest absolute Gasteiger partial charge is 0.369 e. The summed E-state index contributed by atoms with van der Waals surface area (Å²) in [5, 5.41) is 12.9. The Balaban J connectivity index is 2.76. The molecule has 0 atom stereocenters. The number of nitro benzene ring substituents is 1. The third kappa shape index (κ3) is 3.71.